The van der Waals surface area contributed by atoms with Crippen LogP contribution in [0.15, 0.2) is 42.5 Å². The van der Waals surface area contributed by atoms with Crippen molar-refractivity contribution in [3.05, 3.63) is 56.6 Å². The van der Waals surface area contributed by atoms with E-state index in [1.807, 2.05) is 18.2 Å². The van der Waals surface area contributed by atoms with Crippen molar-refractivity contribution in [2.45, 2.75) is 0 Å². The molecular weight excluding hydrogens is 405 g/mol. The summed E-state index contributed by atoms with van der Waals surface area (Å²) in [6.07, 6.45) is 0. The summed E-state index contributed by atoms with van der Waals surface area (Å²) in [6, 6.07) is 12.2. The highest BCUT2D eigenvalue weighted by Crippen LogP contribution is 2.23. The van der Waals surface area contributed by atoms with Gasteiger partial charge in [0.05, 0.1) is 16.3 Å². The summed E-state index contributed by atoms with van der Waals surface area (Å²) in [5, 5.41) is 12.7. The first kappa shape index (κ1) is 15.9. The second kappa shape index (κ2) is 7.51. The Morgan fingerprint density at radius 3 is 2.81 bits per heavy atom. The maximum Gasteiger partial charge on any atom is 0.335 e. The van der Waals surface area contributed by atoms with Gasteiger partial charge in [-0.3, -0.25) is 0 Å². The molecule has 0 aromatic heterocycles. The summed E-state index contributed by atoms with van der Waals surface area (Å²) in [7, 11) is 0. The van der Waals surface area contributed by atoms with E-state index in [-0.39, 0.29) is 5.56 Å². The smallest absolute Gasteiger partial charge is 0.335 e. The zero-order valence-electron chi connectivity index (χ0n) is 11.0. The zero-order valence-corrected chi connectivity index (χ0v) is 13.9. The van der Waals surface area contributed by atoms with Gasteiger partial charge in [0, 0.05) is 10.1 Å². The Labute approximate surface area is 141 Å². The van der Waals surface area contributed by atoms with Gasteiger partial charge in [0.15, 0.2) is 0 Å². The van der Waals surface area contributed by atoms with Gasteiger partial charge in [0.1, 0.15) is 12.4 Å². The van der Waals surface area contributed by atoms with Gasteiger partial charge in [0.2, 0.25) is 0 Å². The topological polar surface area (TPSA) is 58.6 Å². The van der Waals surface area contributed by atoms with Crippen molar-refractivity contribution >= 4 is 45.8 Å². The van der Waals surface area contributed by atoms with Crippen LogP contribution in [0.25, 0.3) is 0 Å². The number of halogens is 2. The summed E-state index contributed by atoms with van der Waals surface area (Å²) < 4.78 is 6.59. The molecule has 0 atom stereocenters. The molecule has 2 N–H and O–H groups in total. The summed E-state index contributed by atoms with van der Waals surface area (Å²) in [4.78, 5) is 10.8. The molecule has 0 unspecified atom stereocenters. The second-order valence-electron chi connectivity index (χ2n) is 4.23. The van der Waals surface area contributed by atoms with Gasteiger partial charge < -0.3 is 15.2 Å². The van der Waals surface area contributed by atoms with E-state index in [1.165, 1.54) is 12.1 Å². The molecule has 0 radical (unpaired) electrons. The second-order valence-corrected chi connectivity index (χ2v) is 5.89. The van der Waals surface area contributed by atoms with Gasteiger partial charge in [-0.2, -0.15) is 0 Å². The van der Waals surface area contributed by atoms with E-state index < -0.39 is 5.97 Å². The van der Waals surface area contributed by atoms with Gasteiger partial charge in [-0.15, -0.1) is 0 Å². The first-order chi connectivity index (χ1) is 10.1. The summed E-state index contributed by atoms with van der Waals surface area (Å²) in [5.74, 6) is -0.436. The van der Waals surface area contributed by atoms with Crippen LogP contribution in [-0.2, 0) is 0 Å². The minimum Gasteiger partial charge on any atom is -0.492 e. The highest BCUT2D eigenvalue weighted by molar-refractivity contribution is 14.1. The van der Waals surface area contributed by atoms with Crippen molar-refractivity contribution in [2.75, 3.05) is 18.5 Å². The maximum absolute atomic E-state index is 10.8. The first-order valence-corrected chi connectivity index (χ1v) is 7.67. The van der Waals surface area contributed by atoms with E-state index in [0.29, 0.717) is 23.9 Å². The Balaban J connectivity index is 1.84. The highest BCUT2D eigenvalue weighted by atomic mass is 127. The van der Waals surface area contributed by atoms with E-state index in [2.05, 4.69) is 27.9 Å². The van der Waals surface area contributed by atoms with Crippen LogP contribution >= 0.6 is 34.2 Å². The lowest BCUT2D eigenvalue weighted by atomic mass is 10.2. The van der Waals surface area contributed by atoms with Crippen molar-refractivity contribution in [1.29, 1.82) is 0 Å². The van der Waals surface area contributed by atoms with Crippen LogP contribution in [0, 0.1) is 3.57 Å². The van der Waals surface area contributed by atoms with E-state index in [0.717, 1.165) is 9.26 Å². The van der Waals surface area contributed by atoms with E-state index >= 15 is 0 Å². The van der Waals surface area contributed by atoms with Gasteiger partial charge in [-0.05, 0) is 59.0 Å². The van der Waals surface area contributed by atoms with Crippen LogP contribution in [-0.4, -0.2) is 24.2 Å². The Morgan fingerprint density at radius 2 is 2.10 bits per heavy atom. The molecule has 0 aliphatic heterocycles. The minimum atomic E-state index is -0.968. The fourth-order valence-corrected chi connectivity index (χ4v) is 2.63. The van der Waals surface area contributed by atoms with E-state index in [9.17, 15) is 4.79 Å². The van der Waals surface area contributed by atoms with Gasteiger partial charge in [-0.25, -0.2) is 4.79 Å². The molecule has 0 bridgehead atoms. The zero-order chi connectivity index (χ0) is 15.2. The quantitative estimate of drug-likeness (QED) is 0.548. The van der Waals surface area contributed by atoms with Crippen molar-refractivity contribution in [2.24, 2.45) is 0 Å². The molecule has 0 spiro atoms. The average Bonchev–Trinajstić information content (AvgIpc) is 2.45. The van der Waals surface area contributed by atoms with Crippen molar-refractivity contribution in [3.8, 4) is 5.75 Å². The van der Waals surface area contributed by atoms with Gasteiger partial charge in [0.25, 0.3) is 0 Å². The number of carbonyl (C=O) groups is 1. The summed E-state index contributed by atoms with van der Waals surface area (Å²) in [5.41, 5.74) is 1.06. The lowest BCUT2D eigenvalue weighted by Gasteiger charge is -2.10. The van der Waals surface area contributed by atoms with Gasteiger partial charge >= 0.3 is 5.97 Å². The van der Waals surface area contributed by atoms with Crippen LogP contribution in [0.5, 0.6) is 5.75 Å². The van der Waals surface area contributed by atoms with Crippen molar-refractivity contribution in [3.63, 3.8) is 0 Å². The predicted molar refractivity (Wildman–Crippen MR) is 91.6 cm³/mol. The van der Waals surface area contributed by atoms with E-state index in [4.69, 9.17) is 21.4 Å². The molecule has 0 aliphatic carbocycles. The number of benzene rings is 2. The third-order valence-electron chi connectivity index (χ3n) is 2.70. The Kier molecular flexibility index (Phi) is 5.69. The molecule has 0 amide bonds. The Morgan fingerprint density at radius 1 is 1.29 bits per heavy atom. The molecule has 4 nitrogen and oxygen atoms in total. The van der Waals surface area contributed by atoms with Crippen molar-refractivity contribution in [1.82, 2.24) is 0 Å². The molecule has 6 heteroatoms. The number of hydrogen-bond donors (Lipinski definition) is 2. The lowest BCUT2D eigenvalue weighted by molar-refractivity contribution is 0.0696. The lowest BCUT2D eigenvalue weighted by Crippen LogP contribution is -2.12. The predicted octanol–water partition coefficient (Wildman–Crippen LogP) is 4.13. The fourth-order valence-electron chi connectivity index (χ4n) is 1.71. The van der Waals surface area contributed by atoms with Crippen LogP contribution in [0.4, 0.5) is 5.69 Å². The monoisotopic (exact) mass is 417 g/mol. The molecule has 0 saturated heterocycles. The molecule has 110 valence electrons. The van der Waals surface area contributed by atoms with Crippen LogP contribution in [0.2, 0.25) is 5.02 Å². The Hall–Kier alpha value is -1.47. The third-order valence-corrected chi connectivity index (χ3v) is 3.68. The normalized spacial score (nSPS) is 10.2. The van der Waals surface area contributed by atoms with E-state index in [1.54, 1.807) is 12.1 Å². The average molecular weight is 418 g/mol. The number of carboxylic acids is 1. The number of nitrogens with one attached hydrogen (secondary N) is 1. The molecule has 21 heavy (non-hydrogen) atoms. The molecule has 0 aliphatic rings. The highest BCUT2D eigenvalue weighted by Gasteiger charge is 2.04. The SMILES string of the molecule is O=C(O)c1cccc(OCCNc2ccc(I)cc2Cl)c1. The van der Waals surface area contributed by atoms with Crippen molar-refractivity contribution < 1.29 is 14.6 Å². The van der Waals surface area contributed by atoms with Crippen LogP contribution in [0.1, 0.15) is 10.4 Å². The molecule has 0 saturated carbocycles. The first-order valence-electron chi connectivity index (χ1n) is 6.21. The molecule has 0 heterocycles. The molecule has 2 rings (SSSR count). The molecular formula is C15H13ClINO3. The maximum atomic E-state index is 10.8. The number of anilines is 1. The number of carboxylic acid groups (broad SMARTS) is 1. The van der Waals surface area contributed by atoms with Crippen LogP contribution < -0.4 is 10.1 Å². The molecule has 2 aromatic rings. The standard InChI is InChI=1S/C15H13ClINO3/c16-13-9-11(17)4-5-14(13)18-6-7-21-12-3-1-2-10(8-12)15(19)20/h1-5,8-9,18H,6-7H2,(H,19,20). The summed E-state index contributed by atoms with van der Waals surface area (Å²) in [6.45, 7) is 0.975. The van der Waals surface area contributed by atoms with Gasteiger partial charge in [-0.1, -0.05) is 17.7 Å². The third kappa shape index (κ3) is 4.78. The largest absolute Gasteiger partial charge is 0.492 e. The number of ether oxygens (including phenoxy) is 1. The number of aromatic carboxylic acids is 1. The molecule has 2 aromatic carbocycles. The number of rotatable bonds is 6. The Bertz CT molecular complexity index is 649. The number of hydrogen-bond acceptors (Lipinski definition) is 3. The fraction of sp³-hybridized carbons (Fsp3) is 0.133. The summed E-state index contributed by atoms with van der Waals surface area (Å²) >= 11 is 8.31. The van der Waals surface area contributed by atoms with Crippen LogP contribution in [0.3, 0.4) is 0 Å². The molecule has 0 fully saturated rings. The minimum absolute atomic E-state index is 0.209.